The van der Waals surface area contributed by atoms with Crippen LogP contribution in [0.25, 0.3) is 0 Å². The maximum atomic E-state index is 11.5. The van der Waals surface area contributed by atoms with Gasteiger partial charge in [-0.15, -0.1) is 0 Å². The summed E-state index contributed by atoms with van der Waals surface area (Å²) in [6.45, 7) is 3.67. The van der Waals surface area contributed by atoms with Gasteiger partial charge >= 0.3 is 150 Å². The molecular weight excluding hydrogens is 415 g/mol. The maximum absolute atomic E-state index is 11.5. The van der Waals surface area contributed by atoms with Crippen molar-refractivity contribution in [2.45, 2.75) is 34.9 Å². The van der Waals surface area contributed by atoms with E-state index in [4.69, 9.17) is 15.3 Å². The summed E-state index contributed by atoms with van der Waals surface area (Å²) in [4.78, 5) is 22.5. The number of rotatable bonds is 7. The SMILES string of the molecule is CCOC(=O)C[CH2][In]1[CH2]C(Oc2ccc(NC(C)=O)cc2)N[N]1N. The molecule has 130 valence electrons. The van der Waals surface area contributed by atoms with E-state index in [0.29, 0.717) is 18.8 Å². The van der Waals surface area contributed by atoms with E-state index in [9.17, 15) is 9.59 Å². The normalized spacial score (nSPS) is 17.6. The molecule has 0 radical (unpaired) electrons. The third-order valence-corrected chi connectivity index (χ3v) is 11.8. The van der Waals surface area contributed by atoms with Gasteiger partial charge in [0, 0.05) is 0 Å². The van der Waals surface area contributed by atoms with Crippen molar-refractivity contribution in [1.29, 1.82) is 0 Å². The molecule has 1 aliphatic rings. The van der Waals surface area contributed by atoms with Crippen molar-refractivity contribution in [3.8, 4) is 5.75 Å². The number of hydrogen-bond donors (Lipinski definition) is 3. The van der Waals surface area contributed by atoms with Crippen LogP contribution in [0.1, 0.15) is 20.3 Å². The summed E-state index contributed by atoms with van der Waals surface area (Å²) in [5.74, 6) is 6.42. The Bertz CT molecular complexity index is 569. The van der Waals surface area contributed by atoms with E-state index in [2.05, 4.69) is 10.7 Å². The van der Waals surface area contributed by atoms with Crippen LogP contribution >= 0.6 is 0 Å². The van der Waals surface area contributed by atoms with Crippen LogP contribution < -0.4 is 21.3 Å². The summed E-state index contributed by atoms with van der Waals surface area (Å²) in [5.41, 5.74) is 3.84. The van der Waals surface area contributed by atoms with Crippen molar-refractivity contribution in [2.75, 3.05) is 11.9 Å². The number of hydrogen-bond acceptors (Lipinski definition) is 7. The summed E-state index contributed by atoms with van der Waals surface area (Å²) in [6, 6.07) is 7.17. The van der Waals surface area contributed by atoms with Gasteiger partial charge in [-0.25, -0.2) is 0 Å². The van der Waals surface area contributed by atoms with Crippen LogP contribution in [-0.2, 0) is 14.3 Å². The number of anilines is 1. The minimum absolute atomic E-state index is 0.113. The van der Waals surface area contributed by atoms with Gasteiger partial charge in [0.2, 0.25) is 0 Å². The van der Waals surface area contributed by atoms with Gasteiger partial charge in [-0.1, -0.05) is 0 Å². The average Bonchev–Trinajstić information content (AvgIpc) is 2.87. The number of benzene rings is 1. The molecule has 8 nitrogen and oxygen atoms in total. The van der Waals surface area contributed by atoms with Gasteiger partial charge in [-0.2, -0.15) is 0 Å². The molecule has 0 spiro atoms. The van der Waals surface area contributed by atoms with Crippen LogP contribution in [0.2, 0.25) is 8.35 Å². The van der Waals surface area contributed by atoms with Crippen molar-refractivity contribution in [3.05, 3.63) is 24.3 Å². The third-order valence-electron chi connectivity index (χ3n) is 3.61. The molecule has 1 aliphatic heterocycles. The predicted octanol–water partition coefficient (Wildman–Crippen LogP) is 0.988. The third kappa shape index (κ3) is 5.97. The Morgan fingerprint density at radius 3 is 2.75 bits per heavy atom. The monoisotopic (exact) mass is 438 g/mol. The molecule has 4 N–H and O–H groups in total. The number of nitrogens with zero attached hydrogens (tertiary/aromatic N) is 1. The Hall–Kier alpha value is -1.29. The fourth-order valence-corrected chi connectivity index (χ4v) is 9.32. The number of nitrogens with one attached hydrogen (secondary N) is 2. The molecule has 1 fully saturated rings. The molecule has 1 saturated heterocycles. The Labute approximate surface area is 149 Å². The number of esters is 1. The number of nitrogens with two attached hydrogens (primary N) is 1. The van der Waals surface area contributed by atoms with Gasteiger partial charge in [0.05, 0.1) is 0 Å². The van der Waals surface area contributed by atoms with Crippen molar-refractivity contribution >= 4 is 39.3 Å². The summed E-state index contributed by atoms with van der Waals surface area (Å²) in [6.07, 6.45) is 0.242. The Morgan fingerprint density at radius 1 is 1.42 bits per heavy atom. The standard InChI is InChI=1S/C10H14N4O2.C5H9O2.In/c1-7(15)12-9-3-5-10(6-4-9)16-8(2)13-14-11;1-3-5(6)7-4-2;/h3-6,8,13H,2,11H2,1H3,(H,12,15);1,3-4H2,2H3;/q-1;;+1. The van der Waals surface area contributed by atoms with Crippen molar-refractivity contribution in [1.82, 2.24) is 8.53 Å². The minimum atomic E-state index is -2.22. The van der Waals surface area contributed by atoms with Crippen LogP contribution in [0.15, 0.2) is 24.3 Å². The molecule has 0 saturated carbocycles. The molecule has 24 heavy (non-hydrogen) atoms. The van der Waals surface area contributed by atoms with Crippen molar-refractivity contribution < 1.29 is 19.1 Å². The van der Waals surface area contributed by atoms with Crippen LogP contribution in [0.4, 0.5) is 5.69 Å². The second kappa shape index (κ2) is 9.26. The van der Waals surface area contributed by atoms with Crippen molar-refractivity contribution in [3.63, 3.8) is 0 Å². The van der Waals surface area contributed by atoms with Gasteiger partial charge in [-0.05, 0) is 0 Å². The molecule has 1 aromatic carbocycles. The number of ether oxygens (including phenoxy) is 2. The summed E-state index contributed by atoms with van der Waals surface area (Å²) < 4.78 is 14.2. The molecule has 1 aromatic rings. The second-order valence-corrected chi connectivity index (χ2v) is 13.9. The molecule has 9 heteroatoms. The average molecular weight is 438 g/mol. The van der Waals surface area contributed by atoms with Gasteiger partial charge < -0.3 is 0 Å². The zero-order chi connectivity index (χ0) is 17.5. The number of carbonyl (C=O) groups is 2. The summed E-state index contributed by atoms with van der Waals surface area (Å²) >= 11 is -2.22. The number of amides is 1. The predicted molar refractivity (Wildman–Crippen MR) is 90.9 cm³/mol. The zero-order valence-electron chi connectivity index (χ0n) is 14.0. The number of hydrazine groups is 2. The Morgan fingerprint density at radius 2 is 2.12 bits per heavy atom. The molecule has 0 aromatic heterocycles. The topological polar surface area (TPSA) is 106 Å². The molecular formula is C15H23InN4O4. The first kappa shape index (κ1) is 19.0. The second-order valence-electron chi connectivity index (χ2n) is 5.58. The van der Waals surface area contributed by atoms with Crippen LogP contribution in [0.5, 0.6) is 5.75 Å². The first-order chi connectivity index (χ1) is 11.5. The van der Waals surface area contributed by atoms with E-state index < -0.39 is 21.7 Å². The van der Waals surface area contributed by atoms with Gasteiger partial charge in [0.25, 0.3) is 0 Å². The first-order valence-electron chi connectivity index (χ1n) is 7.98. The van der Waals surface area contributed by atoms with E-state index in [1.54, 1.807) is 34.3 Å². The van der Waals surface area contributed by atoms with E-state index in [-0.39, 0.29) is 18.1 Å². The summed E-state index contributed by atoms with van der Waals surface area (Å²) in [7, 11) is 0. The van der Waals surface area contributed by atoms with Gasteiger partial charge in [0.1, 0.15) is 0 Å². The molecule has 1 heterocycles. The van der Waals surface area contributed by atoms with E-state index in [0.717, 1.165) is 14.0 Å². The quantitative estimate of drug-likeness (QED) is 0.431. The van der Waals surface area contributed by atoms with E-state index in [1.165, 1.54) is 6.92 Å². The van der Waals surface area contributed by atoms with Gasteiger partial charge in [0.15, 0.2) is 0 Å². The van der Waals surface area contributed by atoms with Crippen molar-refractivity contribution in [2.24, 2.45) is 5.84 Å². The number of carbonyl (C=O) groups excluding carboxylic acids is 2. The first-order valence-corrected chi connectivity index (χ1v) is 14.1. The van der Waals surface area contributed by atoms with Crippen LogP contribution in [0, 0.1) is 0 Å². The summed E-state index contributed by atoms with van der Waals surface area (Å²) in [5, 5.41) is 2.71. The molecule has 1 unspecified atom stereocenters. The van der Waals surface area contributed by atoms with Crippen LogP contribution in [0.3, 0.4) is 0 Å². The fourth-order valence-electron chi connectivity index (χ4n) is 2.52. The molecule has 0 aliphatic carbocycles. The van der Waals surface area contributed by atoms with E-state index >= 15 is 0 Å². The van der Waals surface area contributed by atoms with E-state index in [1.807, 2.05) is 0 Å². The van der Waals surface area contributed by atoms with Crippen LogP contribution in [-0.4, -0.2) is 49.5 Å². The Balaban J connectivity index is 1.81. The zero-order valence-corrected chi connectivity index (χ0v) is 17.2. The molecule has 1 amide bonds. The van der Waals surface area contributed by atoms with Gasteiger partial charge in [-0.3, -0.25) is 0 Å². The molecule has 1 atom stereocenters. The molecule has 0 bridgehead atoms. The fraction of sp³-hybridized carbons (Fsp3) is 0.467. The Kier molecular flexibility index (Phi) is 7.35. The molecule has 2 rings (SSSR count).